The van der Waals surface area contributed by atoms with E-state index >= 15 is 0 Å². The van der Waals surface area contributed by atoms with Crippen LogP contribution in [0.4, 0.5) is 0 Å². The highest BCUT2D eigenvalue weighted by molar-refractivity contribution is 7.89. The Morgan fingerprint density at radius 2 is 1.69 bits per heavy atom. The summed E-state index contributed by atoms with van der Waals surface area (Å²) in [4.78, 5) is 37.0. The number of hydrogen-bond acceptors (Lipinski definition) is 6. The Labute approximate surface area is 188 Å². The van der Waals surface area contributed by atoms with Gasteiger partial charge in [0.15, 0.2) is 0 Å². The van der Waals surface area contributed by atoms with Gasteiger partial charge in [-0.25, -0.2) is 13.4 Å². The molecule has 0 radical (unpaired) electrons. The molecule has 4 rings (SSSR count). The first-order valence-corrected chi connectivity index (χ1v) is 12.3. The highest BCUT2D eigenvalue weighted by atomic mass is 32.2. The topological polar surface area (TPSA) is 104 Å². The first-order chi connectivity index (χ1) is 15.4. The Hall–Kier alpha value is -2.85. The quantitative estimate of drug-likeness (QED) is 0.691. The molecule has 1 unspecified atom stereocenters. The molecule has 2 aromatic rings. The molecule has 2 saturated heterocycles. The number of rotatable bonds is 4. The van der Waals surface area contributed by atoms with Crippen molar-refractivity contribution in [2.75, 3.05) is 32.7 Å². The molecule has 2 fully saturated rings. The molecular formula is C22H27N5O4S. The summed E-state index contributed by atoms with van der Waals surface area (Å²) in [7, 11) is -3.65. The second-order valence-corrected chi connectivity index (χ2v) is 10.1. The van der Waals surface area contributed by atoms with Crippen molar-refractivity contribution in [3.05, 3.63) is 54.1 Å². The van der Waals surface area contributed by atoms with Crippen molar-refractivity contribution < 1.29 is 18.0 Å². The van der Waals surface area contributed by atoms with Crippen LogP contribution in [-0.4, -0.2) is 83.1 Å². The van der Waals surface area contributed by atoms with Crippen molar-refractivity contribution >= 4 is 21.8 Å². The van der Waals surface area contributed by atoms with Gasteiger partial charge in [0, 0.05) is 56.7 Å². The highest BCUT2D eigenvalue weighted by Crippen LogP contribution is 2.26. The van der Waals surface area contributed by atoms with E-state index in [0.717, 1.165) is 19.3 Å². The molecule has 32 heavy (non-hydrogen) atoms. The summed E-state index contributed by atoms with van der Waals surface area (Å²) < 4.78 is 27.8. The molecule has 2 aliphatic heterocycles. The Kier molecular flexibility index (Phi) is 6.52. The summed E-state index contributed by atoms with van der Waals surface area (Å²) >= 11 is 0. The average molecular weight is 458 g/mol. The Morgan fingerprint density at radius 1 is 0.969 bits per heavy atom. The summed E-state index contributed by atoms with van der Waals surface area (Å²) in [6, 6.07) is 6.22. The molecule has 0 saturated carbocycles. The summed E-state index contributed by atoms with van der Waals surface area (Å²) in [5.74, 6) is -0.450. The maximum absolute atomic E-state index is 13.1. The number of hydrogen-bond donors (Lipinski definition) is 0. The van der Waals surface area contributed by atoms with E-state index in [2.05, 4.69) is 9.97 Å². The predicted molar refractivity (Wildman–Crippen MR) is 117 cm³/mol. The predicted octanol–water partition coefficient (Wildman–Crippen LogP) is 1.64. The lowest BCUT2D eigenvalue weighted by molar-refractivity contribution is 0.0532. The third-order valence-corrected chi connectivity index (χ3v) is 8.08. The number of piperazine rings is 1. The van der Waals surface area contributed by atoms with E-state index in [9.17, 15) is 18.0 Å². The van der Waals surface area contributed by atoms with Gasteiger partial charge in [0.25, 0.3) is 11.8 Å². The Balaban J connectivity index is 1.44. The number of nitrogens with zero attached hydrogens (tertiary/aromatic N) is 5. The number of carbonyl (C=O) groups is 2. The lowest BCUT2D eigenvalue weighted by Gasteiger charge is -2.35. The molecule has 170 valence electrons. The van der Waals surface area contributed by atoms with Crippen LogP contribution in [-0.2, 0) is 10.0 Å². The normalized spacial score (nSPS) is 20.2. The number of sulfonamides is 1. The molecule has 2 aliphatic rings. The fourth-order valence-corrected chi connectivity index (χ4v) is 5.97. The van der Waals surface area contributed by atoms with Crippen LogP contribution in [0.15, 0.2) is 47.8 Å². The molecule has 2 amide bonds. The SMILES string of the molecule is CC1CCCCN1S(=O)(=O)c1cccc(C(=O)N2CCN(C(=O)c3cnccn3)CC2)c1. The van der Waals surface area contributed by atoms with Crippen LogP contribution in [0.25, 0.3) is 0 Å². The van der Waals surface area contributed by atoms with E-state index < -0.39 is 10.0 Å². The smallest absolute Gasteiger partial charge is 0.274 e. The third-order valence-electron chi connectivity index (χ3n) is 6.07. The molecule has 1 aromatic carbocycles. The van der Waals surface area contributed by atoms with Crippen molar-refractivity contribution in [1.29, 1.82) is 0 Å². The largest absolute Gasteiger partial charge is 0.335 e. The minimum Gasteiger partial charge on any atom is -0.335 e. The van der Waals surface area contributed by atoms with Crippen molar-refractivity contribution in [1.82, 2.24) is 24.1 Å². The van der Waals surface area contributed by atoms with Gasteiger partial charge in [-0.3, -0.25) is 14.6 Å². The first-order valence-electron chi connectivity index (χ1n) is 10.8. The van der Waals surface area contributed by atoms with Gasteiger partial charge in [-0.2, -0.15) is 4.31 Å². The van der Waals surface area contributed by atoms with Gasteiger partial charge in [0.2, 0.25) is 10.0 Å². The number of amides is 2. The van der Waals surface area contributed by atoms with Crippen LogP contribution in [0.3, 0.4) is 0 Å². The molecule has 0 aliphatic carbocycles. The summed E-state index contributed by atoms with van der Waals surface area (Å²) in [6.45, 7) is 3.92. The standard InChI is InChI=1S/C22H27N5O4S/c1-17-5-2-3-10-27(17)32(30,31)19-7-4-6-18(15-19)21(28)25-11-13-26(14-12-25)22(29)20-16-23-8-9-24-20/h4,6-9,15-17H,2-3,5,10-14H2,1H3. The van der Waals surface area contributed by atoms with Crippen LogP contribution in [0.5, 0.6) is 0 Å². The molecule has 0 N–H and O–H groups in total. The van der Waals surface area contributed by atoms with Crippen LogP contribution in [0.1, 0.15) is 47.0 Å². The summed E-state index contributed by atoms with van der Waals surface area (Å²) in [5.41, 5.74) is 0.613. The molecule has 0 spiro atoms. The van der Waals surface area contributed by atoms with Crippen LogP contribution in [0, 0.1) is 0 Å². The molecule has 10 heteroatoms. The zero-order valence-electron chi connectivity index (χ0n) is 18.1. The summed E-state index contributed by atoms with van der Waals surface area (Å²) in [5, 5.41) is 0. The zero-order valence-corrected chi connectivity index (χ0v) is 18.9. The maximum Gasteiger partial charge on any atom is 0.274 e. The zero-order chi connectivity index (χ0) is 22.7. The fraction of sp³-hybridized carbons (Fsp3) is 0.455. The minimum atomic E-state index is -3.65. The van der Waals surface area contributed by atoms with Crippen molar-refractivity contribution in [2.45, 2.75) is 37.1 Å². The van der Waals surface area contributed by atoms with Gasteiger partial charge in [0.1, 0.15) is 5.69 Å². The number of benzene rings is 1. The lowest BCUT2D eigenvalue weighted by Crippen LogP contribution is -2.50. The summed E-state index contributed by atoms with van der Waals surface area (Å²) in [6.07, 6.45) is 7.12. The Morgan fingerprint density at radius 3 is 2.34 bits per heavy atom. The third kappa shape index (κ3) is 4.51. The fourth-order valence-electron chi connectivity index (χ4n) is 4.22. The second-order valence-electron chi connectivity index (χ2n) is 8.16. The maximum atomic E-state index is 13.1. The highest BCUT2D eigenvalue weighted by Gasteiger charge is 2.32. The number of piperidine rings is 1. The molecular weight excluding hydrogens is 430 g/mol. The molecule has 0 bridgehead atoms. The van der Waals surface area contributed by atoms with E-state index in [1.165, 1.54) is 29.0 Å². The molecule has 1 aromatic heterocycles. The number of aromatic nitrogens is 2. The van der Waals surface area contributed by atoms with E-state index in [1.807, 2.05) is 6.92 Å². The van der Waals surface area contributed by atoms with Gasteiger partial charge in [-0.05, 0) is 38.0 Å². The van der Waals surface area contributed by atoms with Crippen molar-refractivity contribution in [3.8, 4) is 0 Å². The molecule has 3 heterocycles. The lowest BCUT2D eigenvalue weighted by atomic mass is 10.1. The van der Waals surface area contributed by atoms with Crippen LogP contribution in [0.2, 0.25) is 0 Å². The van der Waals surface area contributed by atoms with Gasteiger partial charge in [-0.15, -0.1) is 0 Å². The first kappa shape index (κ1) is 22.3. The molecule has 9 nitrogen and oxygen atoms in total. The van der Waals surface area contributed by atoms with E-state index in [4.69, 9.17) is 0 Å². The van der Waals surface area contributed by atoms with Gasteiger partial charge < -0.3 is 9.80 Å². The minimum absolute atomic E-state index is 0.0481. The number of carbonyl (C=O) groups excluding carboxylic acids is 2. The van der Waals surface area contributed by atoms with Crippen LogP contribution >= 0.6 is 0 Å². The van der Waals surface area contributed by atoms with Crippen molar-refractivity contribution in [2.24, 2.45) is 0 Å². The molecule has 1 atom stereocenters. The van der Waals surface area contributed by atoms with E-state index in [1.54, 1.807) is 28.0 Å². The van der Waals surface area contributed by atoms with E-state index in [0.29, 0.717) is 38.3 Å². The van der Waals surface area contributed by atoms with Gasteiger partial charge in [0.05, 0.1) is 11.1 Å². The second kappa shape index (κ2) is 9.33. The van der Waals surface area contributed by atoms with Crippen LogP contribution < -0.4 is 0 Å². The monoisotopic (exact) mass is 457 g/mol. The van der Waals surface area contributed by atoms with Gasteiger partial charge >= 0.3 is 0 Å². The van der Waals surface area contributed by atoms with Gasteiger partial charge in [-0.1, -0.05) is 12.5 Å². The average Bonchev–Trinajstić information content (AvgIpc) is 2.84. The van der Waals surface area contributed by atoms with Crippen molar-refractivity contribution in [3.63, 3.8) is 0 Å². The Bertz CT molecular complexity index is 1080. The van der Waals surface area contributed by atoms with E-state index in [-0.39, 0.29) is 28.4 Å².